The van der Waals surface area contributed by atoms with Gasteiger partial charge in [0.05, 0.1) is 24.4 Å². The van der Waals surface area contributed by atoms with E-state index in [9.17, 15) is 15.0 Å². The van der Waals surface area contributed by atoms with Crippen molar-refractivity contribution in [2.75, 3.05) is 13.2 Å². The minimum Gasteiger partial charge on any atom is -0.394 e. The second-order valence-electron chi connectivity index (χ2n) is 4.82. The van der Waals surface area contributed by atoms with Gasteiger partial charge in [0.2, 0.25) is 0 Å². The number of fused-ring (bicyclic) bond motifs is 1. The van der Waals surface area contributed by atoms with Gasteiger partial charge in [-0.05, 0) is 18.6 Å². The number of nitrogens with one attached hydrogen (secondary N) is 1. The average molecular weight is 277 g/mol. The predicted octanol–water partition coefficient (Wildman–Crippen LogP) is -0.0825. The van der Waals surface area contributed by atoms with Crippen molar-refractivity contribution >= 4 is 5.65 Å². The summed E-state index contributed by atoms with van der Waals surface area (Å²) in [6.07, 6.45) is 2.24. The maximum absolute atomic E-state index is 11.9. The van der Waals surface area contributed by atoms with Gasteiger partial charge in [-0.25, -0.2) is 4.98 Å². The Hall–Kier alpha value is -1.76. The molecule has 0 aliphatic rings. The van der Waals surface area contributed by atoms with E-state index >= 15 is 0 Å². The Morgan fingerprint density at radius 3 is 2.75 bits per heavy atom. The number of aromatic nitrogens is 2. The molecule has 0 amide bonds. The Morgan fingerprint density at radius 2 is 2.10 bits per heavy atom. The van der Waals surface area contributed by atoms with Gasteiger partial charge in [0.25, 0.3) is 5.56 Å². The third kappa shape index (κ3) is 2.87. The maximum Gasteiger partial charge on any atom is 0.258 e. The summed E-state index contributed by atoms with van der Waals surface area (Å²) in [6.45, 7) is 1.84. The van der Waals surface area contributed by atoms with E-state index < -0.39 is 5.54 Å². The van der Waals surface area contributed by atoms with Crippen LogP contribution in [0.5, 0.6) is 0 Å². The maximum atomic E-state index is 11.9. The van der Waals surface area contributed by atoms with E-state index in [1.807, 2.05) is 13.0 Å². The highest BCUT2D eigenvalue weighted by atomic mass is 16.3. The van der Waals surface area contributed by atoms with Gasteiger partial charge >= 0.3 is 0 Å². The van der Waals surface area contributed by atoms with Crippen molar-refractivity contribution in [2.45, 2.75) is 25.4 Å². The van der Waals surface area contributed by atoms with Crippen molar-refractivity contribution in [2.24, 2.45) is 0 Å². The van der Waals surface area contributed by atoms with Gasteiger partial charge in [0.1, 0.15) is 5.65 Å². The third-order valence-corrected chi connectivity index (χ3v) is 3.55. The van der Waals surface area contributed by atoms with Crippen LogP contribution in [0.3, 0.4) is 0 Å². The molecule has 0 atom stereocenters. The summed E-state index contributed by atoms with van der Waals surface area (Å²) in [6, 6.07) is 6.80. The quantitative estimate of drug-likeness (QED) is 0.687. The van der Waals surface area contributed by atoms with Gasteiger partial charge in [0, 0.05) is 18.8 Å². The molecule has 2 rings (SSSR count). The lowest BCUT2D eigenvalue weighted by Gasteiger charge is -2.29. The van der Waals surface area contributed by atoms with E-state index in [-0.39, 0.29) is 18.8 Å². The van der Waals surface area contributed by atoms with Gasteiger partial charge < -0.3 is 15.5 Å². The third-order valence-electron chi connectivity index (χ3n) is 3.55. The second-order valence-corrected chi connectivity index (χ2v) is 4.82. The molecule has 20 heavy (non-hydrogen) atoms. The number of rotatable bonds is 6. The average Bonchev–Trinajstić information content (AvgIpc) is 2.49. The normalized spacial score (nSPS) is 11.9. The zero-order valence-corrected chi connectivity index (χ0v) is 11.4. The fraction of sp³-hybridized carbons (Fsp3) is 0.429. The van der Waals surface area contributed by atoms with E-state index in [1.165, 1.54) is 10.5 Å². The highest BCUT2D eigenvalue weighted by Gasteiger charge is 2.25. The van der Waals surface area contributed by atoms with Gasteiger partial charge in [-0.3, -0.25) is 9.20 Å². The summed E-state index contributed by atoms with van der Waals surface area (Å²) in [5, 5.41) is 21.8. The number of nitrogens with zero attached hydrogens (tertiary/aromatic N) is 2. The van der Waals surface area contributed by atoms with Crippen LogP contribution in [-0.2, 0) is 6.54 Å². The Bertz CT molecular complexity index is 627. The lowest BCUT2D eigenvalue weighted by atomic mass is 9.98. The molecule has 0 spiro atoms. The molecule has 0 unspecified atom stereocenters. The first-order chi connectivity index (χ1) is 9.64. The number of aliphatic hydroxyl groups excluding tert-OH is 2. The van der Waals surface area contributed by atoms with Crippen LogP contribution in [0, 0.1) is 0 Å². The number of hydrogen-bond donors (Lipinski definition) is 3. The standard InChI is InChI=1S/C14H19N3O3/c1-2-14(9-18,10-19)15-8-11-7-13(20)17-6-4-3-5-12(17)16-11/h3-7,15,18-19H,2,8-10H2,1H3. The molecule has 0 saturated carbocycles. The van der Waals surface area contributed by atoms with Gasteiger partial charge in [-0.2, -0.15) is 0 Å². The summed E-state index contributed by atoms with van der Waals surface area (Å²) in [5.74, 6) is 0. The van der Waals surface area contributed by atoms with Gasteiger partial charge in [0.15, 0.2) is 0 Å². The van der Waals surface area contributed by atoms with Crippen LogP contribution in [-0.4, -0.2) is 38.4 Å². The molecular weight excluding hydrogens is 258 g/mol. The smallest absolute Gasteiger partial charge is 0.258 e. The van der Waals surface area contributed by atoms with Crippen molar-refractivity contribution in [3.8, 4) is 0 Å². The fourth-order valence-electron chi connectivity index (χ4n) is 1.98. The van der Waals surface area contributed by atoms with Crippen molar-refractivity contribution < 1.29 is 10.2 Å². The Morgan fingerprint density at radius 1 is 1.35 bits per heavy atom. The molecular formula is C14H19N3O3. The van der Waals surface area contributed by atoms with Gasteiger partial charge in [-0.15, -0.1) is 0 Å². The van der Waals surface area contributed by atoms with Crippen molar-refractivity contribution in [1.82, 2.24) is 14.7 Å². The summed E-state index contributed by atoms with van der Waals surface area (Å²) in [5.41, 5.74) is 0.263. The zero-order chi connectivity index (χ0) is 14.6. The van der Waals surface area contributed by atoms with Crippen LogP contribution in [0.1, 0.15) is 19.0 Å². The first-order valence-electron chi connectivity index (χ1n) is 6.58. The lowest BCUT2D eigenvalue weighted by Crippen LogP contribution is -2.51. The van der Waals surface area contributed by atoms with Crippen LogP contribution >= 0.6 is 0 Å². The lowest BCUT2D eigenvalue weighted by molar-refractivity contribution is 0.0861. The summed E-state index contributed by atoms with van der Waals surface area (Å²) in [7, 11) is 0. The molecule has 2 aromatic rings. The Labute approximate surface area is 116 Å². The van der Waals surface area contributed by atoms with Crippen molar-refractivity contribution in [3.63, 3.8) is 0 Å². The molecule has 6 heteroatoms. The highest BCUT2D eigenvalue weighted by Crippen LogP contribution is 2.09. The topological polar surface area (TPSA) is 86.9 Å². The Balaban J connectivity index is 2.24. The van der Waals surface area contributed by atoms with Crippen LogP contribution in [0.25, 0.3) is 5.65 Å². The van der Waals surface area contributed by atoms with E-state index in [4.69, 9.17) is 0 Å². The fourth-order valence-corrected chi connectivity index (χ4v) is 1.98. The predicted molar refractivity (Wildman–Crippen MR) is 75.5 cm³/mol. The van der Waals surface area contributed by atoms with Crippen LogP contribution < -0.4 is 10.9 Å². The van der Waals surface area contributed by atoms with Crippen molar-refractivity contribution in [1.29, 1.82) is 0 Å². The first kappa shape index (κ1) is 14.6. The van der Waals surface area contributed by atoms with Crippen LogP contribution in [0.4, 0.5) is 0 Å². The molecule has 3 N–H and O–H groups in total. The molecule has 2 heterocycles. The van der Waals surface area contributed by atoms with E-state index in [1.54, 1.807) is 18.3 Å². The SMILES string of the molecule is CCC(CO)(CO)NCc1cc(=O)n2ccccc2n1. The molecule has 0 fully saturated rings. The molecule has 0 aliphatic heterocycles. The second kappa shape index (κ2) is 6.13. The number of aliphatic hydroxyl groups is 2. The van der Waals surface area contributed by atoms with E-state index in [2.05, 4.69) is 10.3 Å². The minimum atomic E-state index is -0.747. The number of pyridine rings is 1. The van der Waals surface area contributed by atoms with E-state index in [0.717, 1.165) is 0 Å². The zero-order valence-electron chi connectivity index (χ0n) is 11.4. The van der Waals surface area contributed by atoms with E-state index in [0.29, 0.717) is 24.3 Å². The molecule has 0 aromatic carbocycles. The molecule has 108 valence electrons. The first-order valence-corrected chi connectivity index (χ1v) is 6.58. The van der Waals surface area contributed by atoms with Gasteiger partial charge in [-0.1, -0.05) is 13.0 Å². The monoisotopic (exact) mass is 277 g/mol. The highest BCUT2D eigenvalue weighted by molar-refractivity contribution is 5.37. The molecule has 0 bridgehead atoms. The summed E-state index contributed by atoms with van der Waals surface area (Å²) < 4.78 is 1.47. The summed E-state index contributed by atoms with van der Waals surface area (Å²) >= 11 is 0. The van der Waals surface area contributed by atoms with Crippen molar-refractivity contribution in [3.05, 3.63) is 46.5 Å². The molecule has 0 saturated heterocycles. The molecule has 6 nitrogen and oxygen atoms in total. The Kier molecular flexibility index (Phi) is 4.49. The molecule has 2 aromatic heterocycles. The van der Waals surface area contributed by atoms with Crippen LogP contribution in [0.15, 0.2) is 35.3 Å². The summed E-state index contributed by atoms with van der Waals surface area (Å²) in [4.78, 5) is 16.3. The molecule has 0 aliphatic carbocycles. The largest absolute Gasteiger partial charge is 0.394 e. The van der Waals surface area contributed by atoms with Crippen LogP contribution in [0.2, 0.25) is 0 Å². The number of hydrogen-bond acceptors (Lipinski definition) is 5. The molecule has 0 radical (unpaired) electrons. The minimum absolute atomic E-state index is 0.150.